The molecule has 0 aliphatic heterocycles. The summed E-state index contributed by atoms with van der Waals surface area (Å²) in [5.41, 5.74) is 0. The predicted octanol–water partition coefficient (Wildman–Crippen LogP) is 18.5. The van der Waals surface area contributed by atoms with Gasteiger partial charge in [-0.2, -0.15) is 0 Å². The Labute approximate surface area is 446 Å². The van der Waals surface area contributed by atoms with E-state index in [0.29, 0.717) is 23.9 Å². The van der Waals surface area contributed by atoms with Crippen molar-refractivity contribution in [2.75, 3.05) is 40.9 Å². The molecule has 0 aliphatic carbocycles. The Morgan fingerprint density at radius 1 is 0.486 bits per heavy atom. The molecule has 0 aromatic rings. The molecule has 0 aromatic carbocycles. The first-order valence-electron chi connectivity index (χ1n) is 30.5. The summed E-state index contributed by atoms with van der Waals surface area (Å²) in [6.45, 7) is 6.95. The van der Waals surface area contributed by atoms with Crippen molar-refractivity contribution in [3.63, 3.8) is 0 Å². The lowest BCUT2D eigenvalue weighted by atomic mass is 10.0. The molecule has 0 rings (SSSR count). The maximum atomic E-state index is 13.5. The number of allylic oxidation sites excluding steroid dienone is 7. The summed E-state index contributed by atoms with van der Waals surface area (Å²) < 4.78 is 30.6. The molecule has 0 saturated heterocycles. The molecule has 0 radical (unpaired) electrons. The molecule has 3 unspecified atom stereocenters. The Hall–Kier alpha value is -2.03. The molecule has 0 aromatic heterocycles. The number of amides is 1. The number of carbonyl (C=O) groups excluding carboxylic acids is 2. The van der Waals surface area contributed by atoms with Crippen LogP contribution in [0.1, 0.15) is 284 Å². The maximum absolute atomic E-state index is 13.5. The summed E-state index contributed by atoms with van der Waals surface area (Å²) in [6.07, 6.45) is 64.0. The highest BCUT2D eigenvalue weighted by Gasteiger charge is 2.30. The van der Waals surface area contributed by atoms with Gasteiger partial charge in [0, 0.05) is 12.8 Å². The largest absolute Gasteiger partial charge is 0.472 e. The van der Waals surface area contributed by atoms with Gasteiger partial charge in [0.15, 0.2) is 0 Å². The third-order valence-corrected chi connectivity index (χ3v) is 14.5. The fourth-order valence-corrected chi connectivity index (χ4v) is 9.45. The number of hydrogen-bond acceptors (Lipinski definition) is 6. The van der Waals surface area contributed by atoms with E-state index < -0.39 is 20.0 Å². The Kier molecular flexibility index (Phi) is 50.9. The number of phosphoric acid groups is 1. The minimum absolute atomic E-state index is 0.0391. The Balaban J connectivity index is 5.13. The van der Waals surface area contributed by atoms with Crippen molar-refractivity contribution in [1.29, 1.82) is 0 Å². The maximum Gasteiger partial charge on any atom is 0.472 e. The molecule has 9 nitrogen and oxygen atoms in total. The summed E-state index contributed by atoms with van der Waals surface area (Å²) in [6, 6.07) is -0.850. The molecule has 1 amide bonds. The van der Waals surface area contributed by atoms with E-state index in [1.165, 1.54) is 161 Å². The number of nitrogens with one attached hydrogen (secondary N) is 1. The van der Waals surface area contributed by atoms with Crippen molar-refractivity contribution >= 4 is 19.7 Å². The molecule has 72 heavy (non-hydrogen) atoms. The molecule has 0 heterocycles. The zero-order valence-electron chi connectivity index (χ0n) is 48.2. The van der Waals surface area contributed by atoms with Crippen molar-refractivity contribution < 1.29 is 37.3 Å². The molecular weight excluding hydrogens is 916 g/mol. The van der Waals surface area contributed by atoms with Gasteiger partial charge in [0.05, 0.1) is 33.8 Å². The van der Waals surface area contributed by atoms with Crippen LogP contribution in [0, 0.1) is 0 Å². The molecule has 0 spiro atoms. The first-order chi connectivity index (χ1) is 34.9. The van der Waals surface area contributed by atoms with Gasteiger partial charge in [-0.3, -0.25) is 18.6 Å². The zero-order valence-corrected chi connectivity index (χ0v) is 49.1. The van der Waals surface area contributed by atoms with Crippen LogP contribution >= 0.6 is 7.82 Å². The molecule has 422 valence electrons. The lowest BCUT2D eigenvalue weighted by Gasteiger charge is -2.27. The van der Waals surface area contributed by atoms with Gasteiger partial charge in [0.25, 0.3) is 0 Å². The van der Waals surface area contributed by atoms with Crippen LogP contribution in [0.4, 0.5) is 0 Å². The standard InChI is InChI=1S/C62H117N2O7P/c1-7-10-13-16-19-22-25-27-28-29-30-31-32-33-34-35-36-37-40-43-46-49-52-55-62(66)71-60(53-50-47-44-41-39-26-23-20-17-14-11-8-2)59(58-70-72(67,68)69-57-56-64(4,5)6)63-61(65)54-51-48-45-42-38-24-21-18-15-12-9-3/h18-19,21-22,27-28,50,53,59-60H,7-17,20,23-26,29-49,51-52,54-58H2,1-6H3,(H-,63,65,67,68)/p+1/b21-18-,22-19-,28-27-,53-50-. The van der Waals surface area contributed by atoms with E-state index in [4.69, 9.17) is 13.8 Å². The molecule has 3 atom stereocenters. The minimum Gasteiger partial charge on any atom is -0.456 e. The Morgan fingerprint density at radius 2 is 0.861 bits per heavy atom. The van der Waals surface area contributed by atoms with E-state index in [-0.39, 0.29) is 25.1 Å². The van der Waals surface area contributed by atoms with Gasteiger partial charge in [-0.25, -0.2) is 4.57 Å². The minimum atomic E-state index is -4.44. The van der Waals surface area contributed by atoms with Gasteiger partial charge in [-0.05, 0) is 83.1 Å². The second kappa shape index (κ2) is 52.4. The number of ether oxygens (including phenoxy) is 1. The van der Waals surface area contributed by atoms with E-state index >= 15 is 0 Å². The SMILES string of the molecule is CCCC/C=C\CCCCCCCC(=O)NC(COP(=O)(O)OCC[N+](C)(C)C)C(/C=C\CCCCCCCCCCCC)OC(=O)CCCCCCCCCCCCCCC/C=C\C/C=C\CCCCC. The summed E-state index contributed by atoms with van der Waals surface area (Å²) in [5, 5.41) is 3.04. The fraction of sp³-hybridized carbons (Fsp3) is 0.839. The van der Waals surface area contributed by atoms with Crippen LogP contribution in [-0.2, 0) is 27.9 Å². The molecular formula is C62H118N2O7P+. The zero-order chi connectivity index (χ0) is 52.9. The van der Waals surface area contributed by atoms with Crippen molar-refractivity contribution in [2.45, 2.75) is 296 Å². The molecule has 0 bridgehead atoms. The number of quaternary nitrogens is 1. The molecule has 0 aliphatic rings. The number of esters is 1. The van der Waals surface area contributed by atoms with E-state index in [0.717, 1.165) is 89.9 Å². The van der Waals surface area contributed by atoms with Crippen LogP contribution in [0.3, 0.4) is 0 Å². The Bertz CT molecular complexity index is 1380. The topological polar surface area (TPSA) is 111 Å². The fourth-order valence-electron chi connectivity index (χ4n) is 8.72. The van der Waals surface area contributed by atoms with Crippen LogP contribution in [0.25, 0.3) is 0 Å². The number of rotatable bonds is 55. The number of likely N-dealkylation sites (N-methyl/N-ethyl adjacent to an activating group) is 1. The predicted molar refractivity (Wildman–Crippen MR) is 309 cm³/mol. The van der Waals surface area contributed by atoms with Crippen molar-refractivity contribution in [1.82, 2.24) is 5.32 Å². The quantitative estimate of drug-likeness (QED) is 0.0205. The van der Waals surface area contributed by atoms with Gasteiger partial charge < -0.3 is 19.4 Å². The van der Waals surface area contributed by atoms with Gasteiger partial charge in [-0.15, -0.1) is 0 Å². The summed E-state index contributed by atoms with van der Waals surface area (Å²) >= 11 is 0. The van der Waals surface area contributed by atoms with E-state index in [1.807, 2.05) is 33.3 Å². The van der Waals surface area contributed by atoms with Crippen LogP contribution < -0.4 is 5.32 Å². The second-order valence-electron chi connectivity index (χ2n) is 21.9. The molecule has 10 heteroatoms. The van der Waals surface area contributed by atoms with Crippen LogP contribution in [0.5, 0.6) is 0 Å². The summed E-state index contributed by atoms with van der Waals surface area (Å²) in [4.78, 5) is 37.6. The number of nitrogens with zero attached hydrogens (tertiary/aromatic N) is 1. The van der Waals surface area contributed by atoms with Gasteiger partial charge >= 0.3 is 13.8 Å². The normalized spacial score (nSPS) is 14.0. The third kappa shape index (κ3) is 52.8. The van der Waals surface area contributed by atoms with E-state index in [2.05, 4.69) is 62.5 Å². The van der Waals surface area contributed by atoms with Crippen LogP contribution in [0.15, 0.2) is 48.6 Å². The number of phosphoric ester groups is 1. The van der Waals surface area contributed by atoms with Crippen molar-refractivity contribution in [2.24, 2.45) is 0 Å². The van der Waals surface area contributed by atoms with Gasteiger partial charge in [0.1, 0.15) is 19.3 Å². The molecule has 2 N–H and O–H groups in total. The first-order valence-corrected chi connectivity index (χ1v) is 32.0. The van der Waals surface area contributed by atoms with Crippen molar-refractivity contribution in [3.05, 3.63) is 48.6 Å². The summed E-state index contributed by atoms with van der Waals surface area (Å²) in [7, 11) is 1.49. The molecule has 0 fully saturated rings. The monoisotopic (exact) mass is 1030 g/mol. The van der Waals surface area contributed by atoms with Crippen LogP contribution in [-0.4, -0.2) is 74.3 Å². The number of carbonyl (C=O) groups is 2. The highest BCUT2D eigenvalue weighted by atomic mass is 31.2. The van der Waals surface area contributed by atoms with Crippen LogP contribution in [0.2, 0.25) is 0 Å². The first kappa shape index (κ1) is 70.0. The smallest absolute Gasteiger partial charge is 0.456 e. The van der Waals surface area contributed by atoms with Gasteiger partial charge in [-0.1, -0.05) is 237 Å². The number of hydrogen-bond donors (Lipinski definition) is 2. The Morgan fingerprint density at radius 3 is 1.33 bits per heavy atom. The highest BCUT2D eigenvalue weighted by molar-refractivity contribution is 7.47. The highest BCUT2D eigenvalue weighted by Crippen LogP contribution is 2.43. The summed E-state index contributed by atoms with van der Waals surface area (Å²) in [5.74, 6) is -0.511. The van der Waals surface area contributed by atoms with Gasteiger partial charge in [0.2, 0.25) is 5.91 Å². The average molecular weight is 1030 g/mol. The second-order valence-corrected chi connectivity index (χ2v) is 23.3. The van der Waals surface area contributed by atoms with E-state index in [1.54, 1.807) is 0 Å². The number of unbranched alkanes of at least 4 members (excludes halogenated alkanes) is 33. The van der Waals surface area contributed by atoms with Crippen molar-refractivity contribution in [3.8, 4) is 0 Å². The lowest BCUT2D eigenvalue weighted by Crippen LogP contribution is -2.47. The third-order valence-electron chi connectivity index (χ3n) is 13.5. The average Bonchev–Trinajstić information content (AvgIpc) is 3.34. The lowest BCUT2D eigenvalue weighted by molar-refractivity contribution is -0.870. The van der Waals surface area contributed by atoms with E-state index in [9.17, 15) is 19.0 Å². The molecule has 0 saturated carbocycles.